The summed E-state index contributed by atoms with van der Waals surface area (Å²) in [6.45, 7) is 4.43. The summed E-state index contributed by atoms with van der Waals surface area (Å²) in [4.78, 5) is 0. The number of hydrogen-bond acceptors (Lipinski definition) is 4. The number of fused-ring (bicyclic) bond motifs is 7. The highest BCUT2D eigenvalue weighted by atomic mass is 31.1. The SMILES string of the molecule is COc1ccccc1[C@@H](C)N([C@H](C)c1ccccc1)p1oc2ccc3ccccc3c2c2c(ccc3ccccc32)o1. The van der Waals surface area contributed by atoms with Crippen molar-refractivity contribution < 1.29 is 13.1 Å². The van der Waals surface area contributed by atoms with Gasteiger partial charge in [0.15, 0.2) is 0 Å². The van der Waals surface area contributed by atoms with Crippen molar-refractivity contribution in [2.75, 3.05) is 11.8 Å². The predicted octanol–water partition coefficient (Wildman–Crippen LogP) is 11.1. The molecule has 0 aliphatic rings. The molecular formula is C37H32NO3P. The van der Waals surface area contributed by atoms with E-state index in [2.05, 4.69) is 134 Å². The number of nitrogens with zero attached hydrogens (tertiary/aromatic N) is 1. The van der Waals surface area contributed by atoms with Gasteiger partial charge in [-0.2, -0.15) is 4.67 Å². The highest BCUT2D eigenvalue weighted by Gasteiger charge is 2.30. The Morgan fingerprint density at radius 2 is 1.10 bits per heavy atom. The molecule has 7 aromatic rings. The van der Waals surface area contributed by atoms with Gasteiger partial charge in [0.2, 0.25) is 0 Å². The zero-order chi connectivity index (χ0) is 28.6. The fraction of sp³-hybridized carbons (Fsp3) is 0.135. The Bertz CT molecular complexity index is 1990. The van der Waals surface area contributed by atoms with Crippen LogP contribution in [0.2, 0.25) is 0 Å². The highest BCUT2D eigenvalue weighted by Crippen LogP contribution is 2.48. The van der Waals surface area contributed by atoms with Crippen LogP contribution in [0.1, 0.15) is 37.1 Å². The largest absolute Gasteiger partial charge is 0.496 e. The summed E-state index contributed by atoms with van der Waals surface area (Å²) in [7, 11) is 0.114. The van der Waals surface area contributed by atoms with E-state index in [0.29, 0.717) is 0 Å². The number of benzene rings is 6. The lowest BCUT2D eigenvalue weighted by Gasteiger charge is -2.32. The number of ether oxygens (including phenoxy) is 1. The van der Waals surface area contributed by atoms with Crippen molar-refractivity contribution in [3.8, 4) is 5.75 Å². The number of rotatable bonds is 6. The Hall–Kier alpha value is -4.50. The first kappa shape index (κ1) is 26.4. The molecule has 0 bridgehead atoms. The van der Waals surface area contributed by atoms with E-state index in [1.54, 1.807) is 7.11 Å². The normalized spacial score (nSPS) is 13.1. The van der Waals surface area contributed by atoms with E-state index in [1.165, 1.54) is 16.3 Å². The molecule has 42 heavy (non-hydrogen) atoms. The minimum atomic E-state index is -1.61. The second-order valence-electron chi connectivity index (χ2n) is 10.6. The second-order valence-corrected chi connectivity index (χ2v) is 11.9. The number of para-hydroxylation sites is 1. The second kappa shape index (κ2) is 11.1. The van der Waals surface area contributed by atoms with Crippen molar-refractivity contribution >= 4 is 51.6 Å². The van der Waals surface area contributed by atoms with Gasteiger partial charge in [-0.05, 0) is 59.2 Å². The molecule has 1 heterocycles. The van der Waals surface area contributed by atoms with Gasteiger partial charge in [0.05, 0.1) is 7.11 Å². The fourth-order valence-electron chi connectivity index (χ4n) is 6.11. The lowest BCUT2D eigenvalue weighted by Crippen LogP contribution is -2.27. The lowest BCUT2D eigenvalue weighted by atomic mass is 9.99. The Balaban J connectivity index is 1.59. The molecule has 7 rings (SSSR count). The quantitative estimate of drug-likeness (QED) is 0.200. The topological polar surface area (TPSA) is 38.8 Å². The molecule has 0 amide bonds. The zero-order valence-electron chi connectivity index (χ0n) is 23.9. The summed E-state index contributed by atoms with van der Waals surface area (Å²) in [5.74, 6) is 0.845. The first-order valence-corrected chi connectivity index (χ1v) is 15.4. The molecule has 208 valence electrons. The fourth-order valence-corrected chi connectivity index (χ4v) is 7.80. The van der Waals surface area contributed by atoms with E-state index in [-0.39, 0.29) is 12.1 Å². The zero-order valence-corrected chi connectivity index (χ0v) is 24.8. The molecule has 0 spiro atoms. The van der Waals surface area contributed by atoms with Gasteiger partial charge in [-0.3, -0.25) is 0 Å². The van der Waals surface area contributed by atoms with Crippen LogP contribution in [0.15, 0.2) is 136 Å². The Kier molecular flexibility index (Phi) is 6.95. The Morgan fingerprint density at radius 1 is 0.571 bits per heavy atom. The van der Waals surface area contributed by atoms with Gasteiger partial charge in [-0.1, -0.05) is 109 Å². The van der Waals surface area contributed by atoms with Crippen LogP contribution in [0.4, 0.5) is 0 Å². The molecule has 0 radical (unpaired) electrons. The van der Waals surface area contributed by atoms with Gasteiger partial charge in [0.1, 0.15) is 16.9 Å². The summed E-state index contributed by atoms with van der Waals surface area (Å²) >= 11 is 0. The third-order valence-corrected chi connectivity index (χ3v) is 10.0. The minimum absolute atomic E-state index is 0.0110. The molecule has 1 aromatic heterocycles. The molecule has 0 fully saturated rings. The number of hydrogen-bond donors (Lipinski definition) is 0. The van der Waals surface area contributed by atoms with E-state index in [1.807, 2.05) is 12.1 Å². The van der Waals surface area contributed by atoms with E-state index < -0.39 is 8.16 Å². The van der Waals surface area contributed by atoms with Crippen LogP contribution in [0.5, 0.6) is 5.75 Å². The summed E-state index contributed by atoms with van der Waals surface area (Å²) in [5.41, 5.74) is 3.93. The molecule has 2 atom stereocenters. The lowest BCUT2D eigenvalue weighted by molar-refractivity contribution is 0.404. The molecule has 5 heteroatoms. The molecule has 0 aliphatic carbocycles. The average molecular weight is 570 g/mol. The van der Waals surface area contributed by atoms with Crippen LogP contribution in [-0.4, -0.2) is 7.11 Å². The average Bonchev–Trinajstić information content (AvgIpc) is 3.22. The molecule has 6 aromatic carbocycles. The summed E-state index contributed by atoms with van der Waals surface area (Å²) < 4.78 is 22.3. The van der Waals surface area contributed by atoms with E-state index in [0.717, 1.165) is 44.0 Å². The van der Waals surface area contributed by atoms with Crippen molar-refractivity contribution in [1.82, 2.24) is 0 Å². The van der Waals surface area contributed by atoms with Crippen molar-refractivity contribution in [3.05, 3.63) is 139 Å². The molecule has 0 aliphatic heterocycles. The van der Waals surface area contributed by atoms with Gasteiger partial charge in [-0.25, -0.2) is 0 Å². The maximum absolute atomic E-state index is 7.05. The summed E-state index contributed by atoms with van der Waals surface area (Å²) in [6.07, 6.45) is 0. The van der Waals surface area contributed by atoms with Crippen LogP contribution in [0.25, 0.3) is 43.5 Å². The van der Waals surface area contributed by atoms with Gasteiger partial charge in [0, 0.05) is 28.4 Å². The monoisotopic (exact) mass is 569 g/mol. The maximum atomic E-state index is 7.05. The van der Waals surface area contributed by atoms with Crippen LogP contribution in [0.3, 0.4) is 0 Å². The molecule has 0 unspecified atom stereocenters. The predicted molar refractivity (Wildman–Crippen MR) is 176 cm³/mol. The van der Waals surface area contributed by atoms with Crippen LogP contribution in [-0.2, 0) is 0 Å². The molecule has 0 saturated heterocycles. The minimum Gasteiger partial charge on any atom is -0.496 e. The summed E-state index contributed by atoms with van der Waals surface area (Å²) in [6, 6.07) is 44.2. The van der Waals surface area contributed by atoms with Gasteiger partial charge < -0.3 is 13.1 Å². The first-order chi connectivity index (χ1) is 20.6. The van der Waals surface area contributed by atoms with Gasteiger partial charge >= 0.3 is 8.16 Å². The van der Waals surface area contributed by atoms with E-state index >= 15 is 0 Å². The van der Waals surface area contributed by atoms with E-state index in [9.17, 15) is 0 Å². The Labute approximate surface area is 246 Å². The molecular weight excluding hydrogens is 537 g/mol. The van der Waals surface area contributed by atoms with Gasteiger partial charge in [0.25, 0.3) is 0 Å². The Morgan fingerprint density at radius 3 is 1.69 bits per heavy atom. The van der Waals surface area contributed by atoms with Crippen molar-refractivity contribution in [1.29, 1.82) is 0 Å². The third kappa shape index (κ3) is 4.54. The van der Waals surface area contributed by atoms with Crippen molar-refractivity contribution in [3.63, 3.8) is 0 Å². The molecule has 4 nitrogen and oxygen atoms in total. The molecule has 0 N–H and O–H groups in total. The maximum Gasteiger partial charge on any atom is 0.310 e. The highest BCUT2D eigenvalue weighted by molar-refractivity contribution is 7.39. The van der Waals surface area contributed by atoms with Crippen LogP contribution < -0.4 is 9.41 Å². The van der Waals surface area contributed by atoms with Gasteiger partial charge in [-0.15, -0.1) is 0 Å². The van der Waals surface area contributed by atoms with Crippen molar-refractivity contribution in [2.24, 2.45) is 0 Å². The van der Waals surface area contributed by atoms with Crippen molar-refractivity contribution in [2.45, 2.75) is 25.9 Å². The van der Waals surface area contributed by atoms with E-state index in [4.69, 9.17) is 13.1 Å². The third-order valence-electron chi connectivity index (χ3n) is 8.24. The molecule has 0 saturated carbocycles. The summed E-state index contributed by atoms with van der Waals surface area (Å²) in [5, 5.41) is 6.77. The number of methoxy groups -OCH3 is 1. The first-order valence-electron chi connectivity index (χ1n) is 14.3. The van der Waals surface area contributed by atoms with Crippen LogP contribution in [0, 0.1) is 0 Å². The van der Waals surface area contributed by atoms with Crippen LogP contribution >= 0.6 is 8.16 Å². The smallest absolute Gasteiger partial charge is 0.310 e. The standard InChI is InChI=1S/C37H32NO3P/c1-25(27-13-5-4-6-14-27)38(26(2)30-17-11-12-20-33(30)39-3)42-40-34-23-21-28-15-7-9-18-31(28)36(34)37-32-19-10-8-16-29(32)22-24-35(37)41-42/h4-26H,1-3H3/t25-,26-/m1/s1.